The van der Waals surface area contributed by atoms with E-state index in [0.29, 0.717) is 5.56 Å². The normalized spacial score (nSPS) is 12.4. The minimum atomic E-state index is -4.72. The number of alkyl halides is 3. The van der Waals surface area contributed by atoms with Crippen LogP contribution < -0.4 is 0 Å². The van der Waals surface area contributed by atoms with Gasteiger partial charge in [0.2, 0.25) is 5.82 Å². The first-order chi connectivity index (χ1) is 12.5. The monoisotopic (exact) mass is 398 g/mol. The molecule has 27 heavy (non-hydrogen) atoms. The number of sulfone groups is 1. The number of nitrogens with one attached hydrogen (secondary N) is 1. The number of hydrogen-bond acceptors (Lipinski definition) is 3. The second-order valence-corrected chi connectivity index (χ2v) is 8.08. The van der Waals surface area contributed by atoms with Crippen LogP contribution in [0.4, 0.5) is 17.6 Å². The molecule has 0 aliphatic rings. The van der Waals surface area contributed by atoms with E-state index in [9.17, 15) is 26.0 Å². The van der Waals surface area contributed by atoms with Crippen LogP contribution in [0.15, 0.2) is 47.4 Å². The third-order valence-corrected chi connectivity index (χ3v) is 5.01. The summed E-state index contributed by atoms with van der Waals surface area (Å²) in [5.41, 5.74) is 1.24. The van der Waals surface area contributed by atoms with E-state index >= 15 is 0 Å². The summed E-state index contributed by atoms with van der Waals surface area (Å²) in [4.78, 5) is 5.31. The Balaban J connectivity index is 2.23. The summed E-state index contributed by atoms with van der Waals surface area (Å²) in [5, 5.41) is 0. The van der Waals surface area contributed by atoms with E-state index in [-0.39, 0.29) is 17.0 Å². The van der Waals surface area contributed by atoms with Gasteiger partial charge in [-0.1, -0.05) is 29.8 Å². The van der Waals surface area contributed by atoms with Crippen LogP contribution in [-0.2, 0) is 16.0 Å². The highest BCUT2D eigenvalue weighted by atomic mass is 32.2. The van der Waals surface area contributed by atoms with E-state index in [2.05, 4.69) is 9.97 Å². The molecule has 0 saturated carbocycles. The van der Waals surface area contributed by atoms with Crippen molar-refractivity contribution >= 4 is 9.84 Å². The van der Waals surface area contributed by atoms with Crippen LogP contribution in [0.1, 0.15) is 11.4 Å². The number of imidazole rings is 1. The zero-order valence-corrected chi connectivity index (χ0v) is 15.0. The van der Waals surface area contributed by atoms with Crippen molar-refractivity contribution in [3.05, 3.63) is 59.7 Å². The van der Waals surface area contributed by atoms with E-state index in [0.717, 1.165) is 24.0 Å². The summed E-state index contributed by atoms with van der Waals surface area (Å²) >= 11 is 0. The van der Waals surface area contributed by atoms with E-state index in [4.69, 9.17) is 0 Å². The highest BCUT2D eigenvalue weighted by Gasteiger charge is 2.36. The van der Waals surface area contributed by atoms with Gasteiger partial charge >= 0.3 is 6.18 Å². The van der Waals surface area contributed by atoms with Gasteiger partial charge in [0, 0.05) is 17.4 Å². The van der Waals surface area contributed by atoms with Gasteiger partial charge in [-0.05, 0) is 25.1 Å². The number of nitrogens with zero attached hydrogens (tertiary/aromatic N) is 1. The molecular weight excluding hydrogens is 384 g/mol. The van der Waals surface area contributed by atoms with Crippen LogP contribution >= 0.6 is 0 Å². The molecule has 2 aromatic carbocycles. The number of benzene rings is 2. The third kappa shape index (κ3) is 3.87. The lowest BCUT2D eigenvalue weighted by atomic mass is 10.0. The molecule has 4 nitrogen and oxygen atoms in total. The lowest BCUT2D eigenvalue weighted by Gasteiger charge is -2.06. The minimum Gasteiger partial charge on any atom is -0.334 e. The Morgan fingerprint density at radius 1 is 1.04 bits per heavy atom. The molecule has 3 aromatic rings. The highest BCUT2D eigenvalue weighted by molar-refractivity contribution is 7.90. The number of rotatable bonds is 3. The first-order valence-electron chi connectivity index (χ1n) is 7.71. The fraction of sp³-hybridized carbons (Fsp3) is 0.167. The molecule has 0 aliphatic carbocycles. The van der Waals surface area contributed by atoms with E-state index in [1.54, 1.807) is 31.2 Å². The van der Waals surface area contributed by atoms with Gasteiger partial charge in [-0.3, -0.25) is 0 Å². The van der Waals surface area contributed by atoms with Crippen LogP contribution in [0.3, 0.4) is 0 Å². The Kier molecular flexibility index (Phi) is 4.59. The number of hydrogen-bond donors (Lipinski definition) is 1. The molecule has 9 heteroatoms. The zero-order chi connectivity index (χ0) is 20.0. The van der Waals surface area contributed by atoms with Crippen molar-refractivity contribution in [2.24, 2.45) is 0 Å². The summed E-state index contributed by atoms with van der Waals surface area (Å²) in [7, 11) is -3.80. The van der Waals surface area contributed by atoms with Gasteiger partial charge in [0.1, 0.15) is 10.7 Å². The van der Waals surface area contributed by atoms with Gasteiger partial charge < -0.3 is 4.98 Å². The van der Waals surface area contributed by atoms with Crippen molar-refractivity contribution in [3.63, 3.8) is 0 Å². The van der Waals surface area contributed by atoms with E-state index < -0.39 is 32.6 Å². The average molecular weight is 398 g/mol. The molecule has 1 N–H and O–H groups in total. The van der Waals surface area contributed by atoms with Crippen LogP contribution in [0.5, 0.6) is 0 Å². The Labute approximate surface area is 152 Å². The zero-order valence-electron chi connectivity index (χ0n) is 14.2. The van der Waals surface area contributed by atoms with Crippen molar-refractivity contribution in [2.45, 2.75) is 18.0 Å². The molecule has 0 amide bonds. The number of aromatic nitrogens is 2. The molecule has 0 aliphatic heterocycles. The molecule has 3 rings (SSSR count). The smallest absolute Gasteiger partial charge is 0.334 e. The fourth-order valence-electron chi connectivity index (χ4n) is 2.67. The molecule has 0 fully saturated rings. The summed E-state index contributed by atoms with van der Waals surface area (Å²) in [6.45, 7) is 1.78. The van der Waals surface area contributed by atoms with E-state index in [1.165, 1.54) is 6.07 Å². The molecule has 0 radical (unpaired) electrons. The summed E-state index contributed by atoms with van der Waals surface area (Å²) in [6.07, 6.45) is -3.87. The molecule has 142 valence electrons. The van der Waals surface area contributed by atoms with Gasteiger partial charge in [0.05, 0.1) is 11.4 Å². The van der Waals surface area contributed by atoms with Crippen LogP contribution in [-0.4, -0.2) is 24.6 Å². The molecule has 1 heterocycles. The SMILES string of the molecule is Cc1cccc(-c2nc(C(F)(F)F)[nH]c2-c2ccc(S(C)(=O)=O)c(F)c2)c1. The van der Waals surface area contributed by atoms with Crippen molar-refractivity contribution in [2.75, 3.05) is 6.26 Å². The molecular formula is C18H14F4N2O2S. The second kappa shape index (κ2) is 6.49. The predicted octanol–water partition coefficient (Wildman–Crippen LogP) is 4.61. The maximum Gasteiger partial charge on any atom is 0.449 e. The first-order valence-corrected chi connectivity index (χ1v) is 9.60. The summed E-state index contributed by atoms with van der Waals surface area (Å²) < 4.78 is 76.8. The minimum absolute atomic E-state index is 0.00229. The lowest BCUT2D eigenvalue weighted by Crippen LogP contribution is -2.07. The Morgan fingerprint density at radius 3 is 2.30 bits per heavy atom. The number of aromatic amines is 1. The molecule has 0 spiro atoms. The van der Waals surface area contributed by atoms with Crippen LogP contribution in [0.2, 0.25) is 0 Å². The molecule has 0 atom stereocenters. The quantitative estimate of drug-likeness (QED) is 0.655. The fourth-order valence-corrected chi connectivity index (χ4v) is 3.40. The van der Waals surface area contributed by atoms with Crippen molar-refractivity contribution in [3.8, 4) is 22.5 Å². The number of halogens is 4. The maximum atomic E-state index is 14.2. The highest BCUT2D eigenvalue weighted by Crippen LogP contribution is 2.36. The predicted molar refractivity (Wildman–Crippen MR) is 92.3 cm³/mol. The molecule has 0 unspecified atom stereocenters. The molecule has 0 bridgehead atoms. The van der Waals surface area contributed by atoms with Crippen molar-refractivity contribution in [1.82, 2.24) is 9.97 Å². The summed E-state index contributed by atoms with van der Waals surface area (Å²) in [5.74, 6) is -2.27. The average Bonchev–Trinajstić information content (AvgIpc) is 2.99. The Hall–Kier alpha value is -2.68. The lowest BCUT2D eigenvalue weighted by molar-refractivity contribution is -0.144. The summed E-state index contributed by atoms with van der Waals surface area (Å²) in [6, 6.07) is 9.84. The van der Waals surface area contributed by atoms with Gasteiger partial charge in [-0.2, -0.15) is 13.2 Å². The molecule has 1 aromatic heterocycles. The van der Waals surface area contributed by atoms with Crippen LogP contribution in [0.25, 0.3) is 22.5 Å². The Morgan fingerprint density at radius 2 is 1.74 bits per heavy atom. The molecule has 0 saturated heterocycles. The van der Waals surface area contributed by atoms with Gasteiger partial charge in [-0.25, -0.2) is 17.8 Å². The number of aryl methyl sites for hydroxylation is 1. The maximum absolute atomic E-state index is 14.2. The number of H-pyrrole nitrogens is 1. The topological polar surface area (TPSA) is 62.8 Å². The second-order valence-electron chi connectivity index (χ2n) is 6.09. The van der Waals surface area contributed by atoms with Gasteiger partial charge in [0.15, 0.2) is 9.84 Å². The van der Waals surface area contributed by atoms with Crippen molar-refractivity contribution in [1.29, 1.82) is 0 Å². The van der Waals surface area contributed by atoms with E-state index in [1.807, 2.05) is 0 Å². The van der Waals surface area contributed by atoms with Crippen molar-refractivity contribution < 1.29 is 26.0 Å². The van der Waals surface area contributed by atoms with Gasteiger partial charge in [-0.15, -0.1) is 0 Å². The first kappa shape index (κ1) is 19.1. The third-order valence-electron chi connectivity index (χ3n) is 3.88. The van der Waals surface area contributed by atoms with Crippen LogP contribution in [0, 0.1) is 12.7 Å². The standard InChI is InChI=1S/C18H14F4N2O2S/c1-10-4-3-5-11(8-10)15-16(24-17(23-15)18(20,21)22)12-6-7-14(13(19)9-12)27(2,25)26/h3-9H,1-2H3,(H,23,24). The van der Waals surface area contributed by atoms with Gasteiger partial charge in [0.25, 0.3) is 0 Å². The largest absolute Gasteiger partial charge is 0.449 e. The Bertz CT molecular complexity index is 1120.